The van der Waals surface area contributed by atoms with Crippen LogP contribution in [0.3, 0.4) is 0 Å². The molecule has 16 heavy (non-hydrogen) atoms. The molecule has 1 atom stereocenters. The summed E-state index contributed by atoms with van der Waals surface area (Å²) in [5.41, 5.74) is 11.6. The molecule has 86 valence electrons. The third-order valence-electron chi connectivity index (χ3n) is 1.99. The van der Waals surface area contributed by atoms with Crippen LogP contribution in [0.2, 0.25) is 0 Å². The zero-order valence-electron chi connectivity index (χ0n) is 8.93. The van der Waals surface area contributed by atoms with Gasteiger partial charge in [-0.25, -0.2) is 0 Å². The van der Waals surface area contributed by atoms with Crippen LogP contribution in [0.25, 0.3) is 0 Å². The average Bonchev–Trinajstić information content (AvgIpc) is 2.21. The van der Waals surface area contributed by atoms with Crippen molar-refractivity contribution >= 4 is 17.5 Å². The summed E-state index contributed by atoms with van der Waals surface area (Å²) in [5.74, 6) is -0.873. The first-order chi connectivity index (χ1) is 7.49. The first-order valence-corrected chi connectivity index (χ1v) is 4.78. The molecule has 1 unspecified atom stereocenters. The number of hydrogen-bond acceptors (Lipinski definition) is 4. The molecule has 0 aromatic carbocycles. The normalized spacial score (nSPS) is 11.8. The lowest BCUT2D eigenvalue weighted by Gasteiger charge is -2.09. The quantitative estimate of drug-likeness (QED) is 0.619. The summed E-state index contributed by atoms with van der Waals surface area (Å²) in [5, 5.41) is 2.46. The largest absolute Gasteiger partial charge is 0.397 e. The Labute approximate surface area is 93.0 Å². The molecule has 0 saturated heterocycles. The van der Waals surface area contributed by atoms with Gasteiger partial charge in [0.25, 0.3) is 0 Å². The molecule has 0 bridgehead atoms. The van der Waals surface area contributed by atoms with Crippen molar-refractivity contribution in [3.63, 3.8) is 0 Å². The Morgan fingerprint density at radius 3 is 2.69 bits per heavy atom. The summed E-state index contributed by atoms with van der Waals surface area (Å²) >= 11 is 0. The van der Waals surface area contributed by atoms with Gasteiger partial charge < -0.3 is 16.8 Å². The second kappa shape index (κ2) is 5.11. The van der Waals surface area contributed by atoms with Crippen LogP contribution >= 0.6 is 0 Å². The third-order valence-corrected chi connectivity index (χ3v) is 1.99. The molecule has 6 nitrogen and oxygen atoms in total. The molecule has 1 aromatic heterocycles. The van der Waals surface area contributed by atoms with Crippen molar-refractivity contribution < 1.29 is 9.59 Å². The number of nitrogen functional groups attached to an aromatic ring is 1. The van der Waals surface area contributed by atoms with E-state index in [1.165, 1.54) is 13.1 Å². The highest BCUT2D eigenvalue weighted by Gasteiger charge is 2.12. The number of carbonyl (C=O) groups excluding carboxylic acids is 2. The summed E-state index contributed by atoms with van der Waals surface area (Å²) < 4.78 is 0. The average molecular weight is 222 g/mol. The second-order valence-electron chi connectivity index (χ2n) is 3.45. The maximum atomic E-state index is 11.4. The van der Waals surface area contributed by atoms with Crippen molar-refractivity contribution in [3.05, 3.63) is 24.0 Å². The van der Waals surface area contributed by atoms with Gasteiger partial charge in [-0.1, -0.05) is 0 Å². The Morgan fingerprint density at radius 1 is 1.50 bits per heavy atom. The molecule has 2 amide bonds. The van der Waals surface area contributed by atoms with E-state index in [0.717, 1.165) is 0 Å². The summed E-state index contributed by atoms with van der Waals surface area (Å²) in [6, 6.07) is 2.64. The fraction of sp³-hybridized carbons (Fsp3) is 0.300. The minimum atomic E-state index is -0.679. The predicted octanol–water partition coefficient (Wildman–Crippen LogP) is -0.804. The zero-order valence-corrected chi connectivity index (χ0v) is 8.93. The van der Waals surface area contributed by atoms with E-state index in [1.54, 1.807) is 12.1 Å². The van der Waals surface area contributed by atoms with Crippen molar-refractivity contribution in [1.82, 2.24) is 10.3 Å². The lowest BCUT2D eigenvalue weighted by atomic mass is 10.2. The van der Waals surface area contributed by atoms with Gasteiger partial charge in [-0.15, -0.1) is 0 Å². The molecule has 0 saturated carbocycles. The highest BCUT2D eigenvalue weighted by Crippen LogP contribution is 2.01. The molecule has 0 aliphatic heterocycles. The summed E-state index contributed by atoms with van der Waals surface area (Å²) in [7, 11) is 0. The van der Waals surface area contributed by atoms with E-state index in [-0.39, 0.29) is 12.3 Å². The van der Waals surface area contributed by atoms with Gasteiger partial charge in [-0.3, -0.25) is 14.6 Å². The molecule has 0 fully saturated rings. The van der Waals surface area contributed by atoms with Crippen LogP contribution in [0.4, 0.5) is 5.69 Å². The van der Waals surface area contributed by atoms with E-state index in [2.05, 4.69) is 10.3 Å². The van der Waals surface area contributed by atoms with Gasteiger partial charge in [0.05, 0.1) is 18.3 Å². The van der Waals surface area contributed by atoms with Gasteiger partial charge in [-0.05, 0) is 19.1 Å². The highest BCUT2D eigenvalue weighted by molar-refractivity contribution is 5.86. The number of nitrogens with two attached hydrogens (primary N) is 2. The van der Waals surface area contributed by atoms with Gasteiger partial charge in [0.1, 0.15) is 6.04 Å². The molecule has 5 N–H and O–H groups in total. The highest BCUT2D eigenvalue weighted by atomic mass is 16.2. The maximum Gasteiger partial charge on any atom is 0.239 e. The van der Waals surface area contributed by atoms with Crippen molar-refractivity contribution in [2.75, 3.05) is 5.73 Å². The fourth-order valence-corrected chi connectivity index (χ4v) is 1.07. The smallest absolute Gasteiger partial charge is 0.239 e. The summed E-state index contributed by atoms with van der Waals surface area (Å²) in [4.78, 5) is 26.1. The molecule has 1 aromatic rings. The maximum absolute atomic E-state index is 11.4. The van der Waals surface area contributed by atoms with Crippen LogP contribution in [-0.4, -0.2) is 22.8 Å². The number of carbonyl (C=O) groups is 2. The second-order valence-corrected chi connectivity index (χ2v) is 3.45. The van der Waals surface area contributed by atoms with Crippen LogP contribution in [0, 0.1) is 0 Å². The van der Waals surface area contributed by atoms with Crippen molar-refractivity contribution in [1.29, 1.82) is 0 Å². The Hall–Kier alpha value is -2.11. The lowest BCUT2D eigenvalue weighted by molar-refractivity contribution is -0.126. The number of aromatic nitrogens is 1. The van der Waals surface area contributed by atoms with E-state index in [4.69, 9.17) is 11.5 Å². The summed E-state index contributed by atoms with van der Waals surface area (Å²) in [6.45, 7) is 1.52. The number of anilines is 1. The number of nitrogens with one attached hydrogen (secondary N) is 1. The number of nitrogens with zero attached hydrogens (tertiary/aromatic N) is 1. The van der Waals surface area contributed by atoms with Gasteiger partial charge in [0, 0.05) is 5.69 Å². The van der Waals surface area contributed by atoms with Crippen LogP contribution < -0.4 is 16.8 Å². The number of pyridine rings is 1. The van der Waals surface area contributed by atoms with E-state index in [1.807, 2.05) is 0 Å². The van der Waals surface area contributed by atoms with E-state index >= 15 is 0 Å². The van der Waals surface area contributed by atoms with Crippen molar-refractivity contribution in [2.24, 2.45) is 5.73 Å². The first kappa shape index (κ1) is 12.0. The number of hydrogen-bond donors (Lipinski definition) is 3. The minimum Gasteiger partial charge on any atom is -0.397 e. The van der Waals surface area contributed by atoms with Crippen molar-refractivity contribution in [2.45, 2.75) is 19.4 Å². The minimum absolute atomic E-state index is 0.0951. The topological polar surface area (TPSA) is 111 Å². The van der Waals surface area contributed by atoms with Gasteiger partial charge >= 0.3 is 0 Å². The number of primary amides is 1. The molecule has 6 heteroatoms. The third kappa shape index (κ3) is 3.56. The Morgan fingerprint density at radius 2 is 2.19 bits per heavy atom. The van der Waals surface area contributed by atoms with Gasteiger partial charge in [0.15, 0.2) is 0 Å². The molecule has 1 rings (SSSR count). The standard InChI is InChI=1S/C10H14N4O2/c1-6(10(12)16)14-9(15)4-8-3-2-7(11)5-13-8/h2-3,5-6H,4,11H2,1H3,(H2,12,16)(H,14,15). The first-order valence-electron chi connectivity index (χ1n) is 4.78. The van der Waals surface area contributed by atoms with Crippen LogP contribution in [-0.2, 0) is 16.0 Å². The van der Waals surface area contributed by atoms with Crippen LogP contribution in [0.5, 0.6) is 0 Å². The van der Waals surface area contributed by atoms with Gasteiger partial charge in [0.2, 0.25) is 11.8 Å². The molecule has 0 radical (unpaired) electrons. The molecular weight excluding hydrogens is 208 g/mol. The molecule has 0 aliphatic rings. The Kier molecular flexibility index (Phi) is 3.82. The van der Waals surface area contributed by atoms with E-state index < -0.39 is 11.9 Å². The molecule has 0 aliphatic carbocycles. The summed E-state index contributed by atoms with van der Waals surface area (Å²) in [6.07, 6.45) is 1.57. The SMILES string of the molecule is CC(NC(=O)Cc1ccc(N)cn1)C(N)=O. The fourth-order valence-electron chi connectivity index (χ4n) is 1.07. The Bertz CT molecular complexity index is 388. The Balaban J connectivity index is 2.52. The predicted molar refractivity (Wildman–Crippen MR) is 59.2 cm³/mol. The number of rotatable bonds is 4. The molecule has 1 heterocycles. The van der Waals surface area contributed by atoms with Gasteiger partial charge in [-0.2, -0.15) is 0 Å². The zero-order chi connectivity index (χ0) is 12.1. The monoisotopic (exact) mass is 222 g/mol. The van der Waals surface area contributed by atoms with Crippen molar-refractivity contribution in [3.8, 4) is 0 Å². The van der Waals surface area contributed by atoms with E-state index in [9.17, 15) is 9.59 Å². The van der Waals surface area contributed by atoms with Crippen LogP contribution in [0.1, 0.15) is 12.6 Å². The van der Waals surface area contributed by atoms with Crippen LogP contribution in [0.15, 0.2) is 18.3 Å². The van der Waals surface area contributed by atoms with E-state index in [0.29, 0.717) is 11.4 Å². The molecular formula is C10H14N4O2. The number of amides is 2. The molecule has 0 spiro atoms. The lowest BCUT2D eigenvalue weighted by Crippen LogP contribution is -2.42.